The fourth-order valence-electron chi connectivity index (χ4n) is 5.75. The molecule has 2 aliphatic heterocycles. The van der Waals surface area contributed by atoms with E-state index in [4.69, 9.17) is 16.3 Å². The Labute approximate surface area is 272 Å². The quantitative estimate of drug-likeness (QED) is 0.188. The van der Waals surface area contributed by atoms with Gasteiger partial charge in [0.2, 0.25) is 11.8 Å². The highest BCUT2D eigenvalue weighted by molar-refractivity contribution is 9.10. The number of rotatable bonds is 6. The first-order valence-corrected chi connectivity index (χ1v) is 16.4. The molecule has 4 aromatic carbocycles. The summed E-state index contributed by atoms with van der Waals surface area (Å²) < 4.78 is 6.89. The van der Waals surface area contributed by atoms with Crippen molar-refractivity contribution in [1.82, 2.24) is 4.98 Å². The van der Waals surface area contributed by atoms with E-state index < -0.39 is 17.1 Å². The molecule has 7 rings (SSSR count). The molecule has 1 saturated heterocycles. The molecule has 1 aromatic heterocycles. The fourth-order valence-corrected chi connectivity index (χ4v) is 8.71. The van der Waals surface area contributed by atoms with E-state index >= 15 is 0 Å². The van der Waals surface area contributed by atoms with Gasteiger partial charge in [0.1, 0.15) is 11.0 Å². The SMILES string of the molecule is O=C(COc1ccc(Cl)cc1C1c2sc(=O)[nH]c2SC2C(=O)N(c3ccc(Br)cc3)C(=O)C21)Nc1cccc2ccccc12. The molecule has 8 nitrogen and oxygen atoms in total. The molecular weight excluding hydrogens is 686 g/mol. The molecule has 0 saturated carbocycles. The fraction of sp³-hybridized carbons (Fsp3) is 0.125. The van der Waals surface area contributed by atoms with Gasteiger partial charge in [0.05, 0.1) is 16.6 Å². The summed E-state index contributed by atoms with van der Waals surface area (Å²) in [5, 5.41) is 4.94. The summed E-state index contributed by atoms with van der Waals surface area (Å²) in [4.78, 5) is 57.8. The number of anilines is 2. The molecule has 0 aliphatic carbocycles. The van der Waals surface area contributed by atoms with Gasteiger partial charge in [0, 0.05) is 36.9 Å². The molecule has 2 aliphatic rings. The van der Waals surface area contributed by atoms with E-state index in [1.54, 1.807) is 42.5 Å². The Bertz CT molecular complexity index is 2020. The van der Waals surface area contributed by atoms with Crippen molar-refractivity contribution >= 4 is 90.5 Å². The van der Waals surface area contributed by atoms with Crippen molar-refractivity contribution in [3.05, 3.63) is 115 Å². The number of hydrogen-bond donors (Lipinski definition) is 2. The predicted octanol–water partition coefficient (Wildman–Crippen LogP) is 6.82. The van der Waals surface area contributed by atoms with Crippen LogP contribution in [0.5, 0.6) is 5.75 Å². The Kier molecular flexibility index (Phi) is 7.57. The molecule has 44 heavy (non-hydrogen) atoms. The van der Waals surface area contributed by atoms with Gasteiger partial charge in [-0.1, -0.05) is 87.0 Å². The van der Waals surface area contributed by atoms with Crippen LogP contribution in [0.15, 0.2) is 99.2 Å². The molecular formula is C32H21BrClN3O5S2. The number of halogens is 2. The first-order valence-electron chi connectivity index (χ1n) is 13.5. The topological polar surface area (TPSA) is 109 Å². The lowest BCUT2D eigenvalue weighted by Crippen LogP contribution is -2.32. The molecule has 3 heterocycles. The summed E-state index contributed by atoms with van der Waals surface area (Å²) in [7, 11) is 0. The van der Waals surface area contributed by atoms with Crippen molar-refractivity contribution in [1.29, 1.82) is 0 Å². The van der Waals surface area contributed by atoms with Crippen molar-refractivity contribution in [2.75, 3.05) is 16.8 Å². The Balaban J connectivity index is 1.23. The molecule has 0 radical (unpaired) electrons. The zero-order valence-corrected chi connectivity index (χ0v) is 26.6. The molecule has 5 aromatic rings. The van der Waals surface area contributed by atoms with Gasteiger partial charge in [-0.15, -0.1) is 0 Å². The van der Waals surface area contributed by atoms with E-state index in [0.717, 1.165) is 26.6 Å². The lowest BCUT2D eigenvalue weighted by atomic mass is 9.82. The Hall–Kier alpha value is -3.90. The molecule has 220 valence electrons. The third-order valence-electron chi connectivity index (χ3n) is 7.64. The van der Waals surface area contributed by atoms with Crippen LogP contribution in [-0.4, -0.2) is 34.6 Å². The zero-order valence-electron chi connectivity index (χ0n) is 22.6. The standard InChI is InChI=1S/C32H21BrClN3O5S2/c33-17-8-11-19(12-9-17)37-30(39)26-25(27-29(36-32(41)44-27)43-28(26)31(37)40)21-14-18(34)10-13-23(21)42-15-24(38)35-22-7-3-5-16-4-1-2-6-20(16)22/h1-14,25-26,28H,15H2,(H,35,38)(H,36,41). The zero-order chi connectivity index (χ0) is 30.5. The normalized spacial score (nSPS) is 19.1. The summed E-state index contributed by atoms with van der Waals surface area (Å²) in [6, 6.07) is 25.3. The van der Waals surface area contributed by atoms with Crippen molar-refractivity contribution in [3.8, 4) is 5.75 Å². The van der Waals surface area contributed by atoms with Gasteiger partial charge in [-0.2, -0.15) is 0 Å². The number of imide groups is 1. The van der Waals surface area contributed by atoms with E-state index in [1.165, 1.54) is 16.7 Å². The lowest BCUT2D eigenvalue weighted by Gasteiger charge is -2.31. The van der Waals surface area contributed by atoms with Gasteiger partial charge < -0.3 is 15.0 Å². The highest BCUT2D eigenvalue weighted by Gasteiger charge is 2.56. The van der Waals surface area contributed by atoms with Crippen LogP contribution < -0.4 is 19.8 Å². The number of carbonyl (C=O) groups excluding carboxylic acids is 3. The highest BCUT2D eigenvalue weighted by Crippen LogP contribution is 2.54. The van der Waals surface area contributed by atoms with Crippen molar-refractivity contribution in [2.24, 2.45) is 5.92 Å². The number of benzene rings is 4. The maximum atomic E-state index is 14.1. The van der Waals surface area contributed by atoms with Crippen molar-refractivity contribution in [2.45, 2.75) is 16.2 Å². The number of hydrogen-bond acceptors (Lipinski definition) is 7. The minimum absolute atomic E-state index is 0.295. The predicted molar refractivity (Wildman–Crippen MR) is 176 cm³/mol. The summed E-state index contributed by atoms with van der Waals surface area (Å²) in [5.41, 5.74) is 1.63. The van der Waals surface area contributed by atoms with E-state index in [2.05, 4.69) is 26.2 Å². The van der Waals surface area contributed by atoms with Gasteiger partial charge in [0.15, 0.2) is 6.61 Å². The first-order chi connectivity index (χ1) is 21.3. The molecule has 3 amide bonds. The number of aromatic nitrogens is 1. The second-order valence-corrected chi connectivity index (χ2v) is 13.8. The lowest BCUT2D eigenvalue weighted by molar-refractivity contribution is -0.122. The van der Waals surface area contributed by atoms with Crippen LogP contribution in [0.4, 0.5) is 11.4 Å². The van der Waals surface area contributed by atoms with E-state index in [-0.39, 0.29) is 29.2 Å². The number of ether oxygens (including phenoxy) is 1. The Morgan fingerprint density at radius 3 is 2.57 bits per heavy atom. The van der Waals surface area contributed by atoms with Crippen LogP contribution in [0, 0.1) is 5.92 Å². The molecule has 1 fully saturated rings. The molecule has 3 unspecified atom stereocenters. The Morgan fingerprint density at radius 1 is 0.977 bits per heavy atom. The minimum atomic E-state index is -0.833. The second-order valence-electron chi connectivity index (χ2n) is 10.3. The third kappa shape index (κ3) is 5.13. The van der Waals surface area contributed by atoms with Crippen molar-refractivity contribution in [3.63, 3.8) is 0 Å². The van der Waals surface area contributed by atoms with Gasteiger partial charge in [-0.25, -0.2) is 4.90 Å². The maximum absolute atomic E-state index is 14.1. The minimum Gasteiger partial charge on any atom is -0.483 e. The number of nitrogens with zero attached hydrogens (tertiary/aromatic N) is 1. The largest absolute Gasteiger partial charge is 0.483 e. The van der Waals surface area contributed by atoms with Gasteiger partial charge in [0.25, 0.3) is 5.91 Å². The number of H-pyrrole nitrogens is 1. The van der Waals surface area contributed by atoms with E-state index in [1.807, 2.05) is 42.5 Å². The van der Waals surface area contributed by atoms with Gasteiger partial charge in [-0.05, 0) is 53.9 Å². The number of fused-ring (bicyclic) bond motifs is 3. The molecule has 0 bridgehead atoms. The Morgan fingerprint density at radius 2 is 1.75 bits per heavy atom. The maximum Gasteiger partial charge on any atom is 0.305 e. The summed E-state index contributed by atoms with van der Waals surface area (Å²) in [6.07, 6.45) is 0. The van der Waals surface area contributed by atoms with Crippen LogP contribution in [0.25, 0.3) is 10.8 Å². The number of thioether (sulfide) groups is 1. The second kappa shape index (κ2) is 11.6. The van der Waals surface area contributed by atoms with Gasteiger partial charge >= 0.3 is 4.87 Å². The van der Waals surface area contributed by atoms with Gasteiger partial charge in [-0.3, -0.25) is 19.2 Å². The number of thiazole rings is 1. The first kappa shape index (κ1) is 28.8. The monoisotopic (exact) mass is 705 g/mol. The average Bonchev–Trinajstić information content (AvgIpc) is 3.51. The average molecular weight is 707 g/mol. The van der Waals surface area contributed by atoms with Crippen LogP contribution in [-0.2, 0) is 14.4 Å². The van der Waals surface area contributed by atoms with E-state index in [9.17, 15) is 19.2 Å². The smallest absolute Gasteiger partial charge is 0.305 e. The highest BCUT2D eigenvalue weighted by atomic mass is 79.9. The molecule has 3 atom stereocenters. The number of carbonyl (C=O) groups is 3. The van der Waals surface area contributed by atoms with Crippen LogP contribution in [0.2, 0.25) is 5.02 Å². The number of aromatic amines is 1. The van der Waals surface area contributed by atoms with Crippen LogP contribution in [0.3, 0.4) is 0 Å². The van der Waals surface area contributed by atoms with Crippen LogP contribution in [0.1, 0.15) is 16.4 Å². The molecule has 12 heteroatoms. The molecule has 0 spiro atoms. The van der Waals surface area contributed by atoms with E-state index in [0.29, 0.717) is 37.6 Å². The number of amides is 3. The third-order valence-corrected chi connectivity index (χ3v) is 10.8. The summed E-state index contributed by atoms with van der Waals surface area (Å²) >= 11 is 12.0. The molecule has 2 N–H and O–H groups in total. The van der Waals surface area contributed by atoms with Crippen molar-refractivity contribution < 1.29 is 19.1 Å². The number of nitrogens with one attached hydrogen (secondary N) is 2. The summed E-state index contributed by atoms with van der Waals surface area (Å²) in [6.45, 7) is -0.318. The summed E-state index contributed by atoms with van der Waals surface area (Å²) in [5.74, 6) is -2.35. The van der Waals surface area contributed by atoms with Crippen LogP contribution >= 0.6 is 50.6 Å².